The zero-order valence-electron chi connectivity index (χ0n) is 19.6. The molecule has 174 valence electrons. The van der Waals surface area contributed by atoms with Crippen LogP contribution in [0.4, 0.5) is 5.69 Å². The van der Waals surface area contributed by atoms with E-state index >= 15 is 0 Å². The minimum atomic E-state index is -0.911. The molecule has 0 saturated heterocycles. The van der Waals surface area contributed by atoms with Crippen LogP contribution in [-0.4, -0.2) is 21.6 Å². The Hall–Kier alpha value is -3.63. The van der Waals surface area contributed by atoms with E-state index in [1.807, 2.05) is 61.7 Å². The van der Waals surface area contributed by atoms with Crippen molar-refractivity contribution < 1.29 is 14.7 Å². The van der Waals surface area contributed by atoms with Crippen LogP contribution in [0, 0.1) is 25.2 Å². The van der Waals surface area contributed by atoms with E-state index in [0.717, 1.165) is 65.1 Å². The Kier molecular flexibility index (Phi) is 6.71. The Balaban J connectivity index is 1.73. The van der Waals surface area contributed by atoms with Gasteiger partial charge in [0.05, 0.1) is 5.56 Å². The third kappa shape index (κ3) is 4.29. The molecule has 0 spiro atoms. The number of nitrogens with zero attached hydrogens (tertiary/aromatic N) is 2. The van der Waals surface area contributed by atoms with E-state index in [1.165, 1.54) is 11.3 Å². The number of carboxylic acids is 1. The van der Waals surface area contributed by atoms with E-state index in [4.69, 9.17) is 0 Å². The first-order valence-corrected chi connectivity index (χ1v) is 12.3. The Bertz CT molecular complexity index is 1350. The number of aromatic nitrogens is 1. The van der Waals surface area contributed by atoms with E-state index in [1.54, 1.807) is 6.08 Å². The molecule has 7 heteroatoms. The highest BCUT2D eigenvalue weighted by atomic mass is 32.1. The van der Waals surface area contributed by atoms with Crippen molar-refractivity contribution in [1.29, 1.82) is 5.26 Å². The van der Waals surface area contributed by atoms with Crippen LogP contribution in [0.15, 0.2) is 35.9 Å². The van der Waals surface area contributed by atoms with Crippen LogP contribution in [0.2, 0.25) is 0 Å². The quantitative estimate of drug-likeness (QED) is 0.347. The number of aryl methyl sites for hydroxylation is 3. The van der Waals surface area contributed by atoms with Gasteiger partial charge in [0.15, 0.2) is 0 Å². The van der Waals surface area contributed by atoms with Crippen LogP contribution in [-0.2, 0) is 24.1 Å². The monoisotopic (exact) mass is 473 g/mol. The number of carbonyl (C=O) groups is 2. The van der Waals surface area contributed by atoms with Crippen LogP contribution in [0.25, 0.3) is 11.1 Å². The lowest BCUT2D eigenvalue weighted by atomic mass is 9.95. The first kappa shape index (κ1) is 23.5. The van der Waals surface area contributed by atoms with E-state index in [2.05, 4.69) is 5.32 Å². The molecule has 0 fully saturated rings. The molecule has 0 radical (unpaired) electrons. The Morgan fingerprint density at radius 2 is 1.97 bits per heavy atom. The summed E-state index contributed by atoms with van der Waals surface area (Å²) in [6.07, 6.45) is 6.12. The number of nitrogens with one attached hydrogen (secondary N) is 1. The van der Waals surface area contributed by atoms with Gasteiger partial charge in [-0.3, -0.25) is 4.79 Å². The summed E-state index contributed by atoms with van der Waals surface area (Å²) in [6, 6.07) is 11.4. The van der Waals surface area contributed by atoms with Gasteiger partial charge in [0.2, 0.25) is 0 Å². The van der Waals surface area contributed by atoms with E-state index in [9.17, 15) is 20.0 Å². The van der Waals surface area contributed by atoms with Crippen molar-refractivity contribution in [2.45, 2.75) is 52.9 Å². The summed E-state index contributed by atoms with van der Waals surface area (Å²) >= 11 is 1.54. The maximum Gasteiger partial charge on any atom is 0.339 e. The molecule has 0 saturated carbocycles. The third-order valence-corrected chi connectivity index (χ3v) is 7.63. The normalized spacial score (nSPS) is 13.3. The average molecular weight is 474 g/mol. The predicted molar refractivity (Wildman–Crippen MR) is 135 cm³/mol. The number of aromatic carboxylic acids is 1. The lowest BCUT2D eigenvalue weighted by Gasteiger charge is -2.11. The SMILES string of the molecule is CCc1ccccc1NC(=O)/C(C#N)=C\c1cc(C)n(-c2sc3c(c2C(=O)O)CCCC3)c1C. The van der Waals surface area contributed by atoms with E-state index in [0.29, 0.717) is 16.3 Å². The highest BCUT2D eigenvalue weighted by molar-refractivity contribution is 7.15. The largest absolute Gasteiger partial charge is 0.478 e. The number of carboxylic acid groups (broad SMARTS) is 1. The standard InChI is InChI=1S/C27H27N3O3S/c1-4-18-9-5-7-11-22(18)29-25(31)20(15-28)14-19-13-16(2)30(17(19)3)26-24(27(32)33)21-10-6-8-12-23(21)34-26/h5,7,9,11,13-14H,4,6,8,10,12H2,1-3H3,(H,29,31)(H,32,33)/b20-14-. The summed E-state index contributed by atoms with van der Waals surface area (Å²) in [6.45, 7) is 5.81. The number of rotatable bonds is 6. The number of hydrogen-bond acceptors (Lipinski definition) is 4. The Labute approximate surface area is 203 Å². The number of carbonyl (C=O) groups excluding carboxylic acids is 1. The Morgan fingerprint density at radius 3 is 2.68 bits per heavy atom. The number of thiophene rings is 1. The van der Waals surface area contributed by atoms with Crippen LogP contribution in [0.1, 0.15) is 63.1 Å². The molecule has 1 aromatic carbocycles. The summed E-state index contributed by atoms with van der Waals surface area (Å²) < 4.78 is 1.94. The molecule has 0 atom stereocenters. The van der Waals surface area contributed by atoms with Gasteiger partial charge in [0, 0.05) is 22.0 Å². The molecule has 4 rings (SSSR count). The molecule has 0 bridgehead atoms. The first-order chi connectivity index (χ1) is 16.3. The third-order valence-electron chi connectivity index (χ3n) is 6.35. The van der Waals surface area contributed by atoms with Crippen molar-refractivity contribution in [2.24, 2.45) is 0 Å². The number of hydrogen-bond donors (Lipinski definition) is 2. The molecular formula is C27H27N3O3S. The van der Waals surface area contributed by atoms with Gasteiger partial charge < -0.3 is 15.0 Å². The fraction of sp³-hybridized carbons (Fsp3) is 0.296. The second-order valence-electron chi connectivity index (χ2n) is 8.49. The van der Waals surface area contributed by atoms with E-state index < -0.39 is 11.9 Å². The molecule has 3 aromatic rings. The van der Waals surface area contributed by atoms with Gasteiger partial charge >= 0.3 is 5.97 Å². The van der Waals surface area contributed by atoms with Crippen molar-refractivity contribution in [3.8, 4) is 11.1 Å². The number of fused-ring (bicyclic) bond motifs is 1. The van der Waals surface area contributed by atoms with Crippen LogP contribution in [0.5, 0.6) is 0 Å². The van der Waals surface area contributed by atoms with Gasteiger partial charge in [-0.2, -0.15) is 5.26 Å². The van der Waals surface area contributed by atoms with Gasteiger partial charge in [-0.15, -0.1) is 11.3 Å². The number of nitriles is 1. The molecule has 1 amide bonds. The summed E-state index contributed by atoms with van der Waals surface area (Å²) in [5.74, 6) is -1.38. The summed E-state index contributed by atoms with van der Waals surface area (Å²) in [4.78, 5) is 26.2. The van der Waals surface area contributed by atoms with Crippen molar-refractivity contribution in [3.05, 3.63) is 74.4 Å². The molecule has 0 aliphatic heterocycles. The molecule has 2 N–H and O–H groups in total. The van der Waals surface area contributed by atoms with Gasteiger partial charge in [-0.1, -0.05) is 25.1 Å². The van der Waals surface area contributed by atoms with Gasteiger partial charge in [-0.25, -0.2) is 4.79 Å². The minimum absolute atomic E-state index is 0.00455. The summed E-state index contributed by atoms with van der Waals surface area (Å²) in [5, 5.41) is 23.2. The highest BCUT2D eigenvalue weighted by Gasteiger charge is 2.27. The fourth-order valence-electron chi connectivity index (χ4n) is 4.62. The topological polar surface area (TPSA) is 95.1 Å². The Morgan fingerprint density at radius 1 is 1.24 bits per heavy atom. The number of benzene rings is 1. The molecular weight excluding hydrogens is 446 g/mol. The maximum atomic E-state index is 12.9. The molecule has 2 heterocycles. The number of para-hydroxylation sites is 1. The fourth-order valence-corrected chi connectivity index (χ4v) is 6.11. The van der Waals surface area contributed by atoms with Crippen molar-refractivity contribution in [3.63, 3.8) is 0 Å². The molecule has 1 aliphatic carbocycles. The summed E-state index contributed by atoms with van der Waals surface area (Å²) in [5.41, 5.74) is 5.39. The second kappa shape index (κ2) is 9.70. The maximum absolute atomic E-state index is 12.9. The molecule has 2 aromatic heterocycles. The highest BCUT2D eigenvalue weighted by Crippen LogP contribution is 2.39. The molecule has 1 aliphatic rings. The second-order valence-corrected chi connectivity index (χ2v) is 9.58. The average Bonchev–Trinajstić information content (AvgIpc) is 3.33. The summed E-state index contributed by atoms with van der Waals surface area (Å²) in [7, 11) is 0. The number of amides is 1. The van der Waals surface area contributed by atoms with Crippen molar-refractivity contribution in [1.82, 2.24) is 4.57 Å². The lowest BCUT2D eigenvalue weighted by Crippen LogP contribution is -2.14. The van der Waals surface area contributed by atoms with Gasteiger partial charge in [0.25, 0.3) is 5.91 Å². The minimum Gasteiger partial charge on any atom is -0.478 e. The smallest absolute Gasteiger partial charge is 0.339 e. The van der Waals surface area contributed by atoms with Crippen molar-refractivity contribution in [2.75, 3.05) is 5.32 Å². The van der Waals surface area contributed by atoms with Crippen molar-refractivity contribution >= 4 is 35.0 Å². The molecule has 6 nitrogen and oxygen atoms in total. The molecule has 0 unspecified atom stereocenters. The first-order valence-electron chi connectivity index (χ1n) is 11.4. The predicted octanol–water partition coefficient (Wildman–Crippen LogP) is 5.84. The zero-order valence-corrected chi connectivity index (χ0v) is 20.4. The lowest BCUT2D eigenvalue weighted by molar-refractivity contribution is -0.112. The number of anilines is 1. The molecule has 34 heavy (non-hydrogen) atoms. The van der Waals surface area contributed by atoms with E-state index in [-0.39, 0.29) is 5.57 Å². The van der Waals surface area contributed by atoms with Crippen LogP contribution >= 0.6 is 11.3 Å². The van der Waals surface area contributed by atoms with Crippen LogP contribution in [0.3, 0.4) is 0 Å². The van der Waals surface area contributed by atoms with Crippen LogP contribution < -0.4 is 5.32 Å². The van der Waals surface area contributed by atoms with Gasteiger partial charge in [-0.05, 0) is 80.9 Å². The zero-order chi connectivity index (χ0) is 24.4. The van der Waals surface area contributed by atoms with Gasteiger partial charge in [0.1, 0.15) is 16.6 Å².